The fourth-order valence-electron chi connectivity index (χ4n) is 6.41. The van der Waals surface area contributed by atoms with Crippen molar-refractivity contribution < 1.29 is 23.1 Å². The molecule has 0 saturated carbocycles. The predicted molar refractivity (Wildman–Crippen MR) is 185 cm³/mol. The Labute approximate surface area is 276 Å². The van der Waals surface area contributed by atoms with Crippen molar-refractivity contribution in [2.24, 2.45) is 0 Å². The van der Waals surface area contributed by atoms with Crippen LogP contribution < -0.4 is 4.31 Å². The van der Waals surface area contributed by atoms with Gasteiger partial charge in [-0.2, -0.15) is 8.42 Å². The lowest BCUT2D eigenvalue weighted by molar-refractivity contribution is -0.161. The van der Waals surface area contributed by atoms with Crippen molar-refractivity contribution in [1.29, 1.82) is 0 Å². The number of esters is 1. The molecular weight excluding hydrogens is 609 g/mol. The molecule has 2 heterocycles. The number of nitrogens with zero attached hydrogens (tertiary/aromatic N) is 2. The summed E-state index contributed by atoms with van der Waals surface area (Å²) >= 11 is 0. The summed E-state index contributed by atoms with van der Waals surface area (Å²) in [6.07, 6.45) is 2.61. The second-order valence-corrected chi connectivity index (χ2v) is 13.7. The third-order valence-corrected chi connectivity index (χ3v) is 10.6. The summed E-state index contributed by atoms with van der Waals surface area (Å²) in [6, 6.07) is 38.0. The smallest absolute Gasteiger partial charge is 0.340 e. The molecule has 1 N–H and O–H groups in total. The molecule has 7 nitrogen and oxygen atoms in total. The minimum absolute atomic E-state index is 0.0456. The van der Waals surface area contributed by atoms with Gasteiger partial charge in [-0.1, -0.05) is 104 Å². The van der Waals surface area contributed by atoms with E-state index in [1.54, 1.807) is 55.5 Å². The second-order valence-electron chi connectivity index (χ2n) is 12.0. The van der Waals surface area contributed by atoms with Gasteiger partial charge in [0.1, 0.15) is 11.4 Å². The number of anilines is 1. The van der Waals surface area contributed by atoms with Crippen LogP contribution in [0.25, 0.3) is 10.9 Å². The van der Waals surface area contributed by atoms with E-state index in [-0.39, 0.29) is 29.2 Å². The number of aliphatic hydroxyl groups excluding tert-OH is 1. The van der Waals surface area contributed by atoms with E-state index in [0.717, 1.165) is 16.5 Å². The molecule has 6 rings (SSSR count). The van der Waals surface area contributed by atoms with E-state index in [2.05, 4.69) is 4.98 Å². The molecule has 4 aromatic carbocycles. The second kappa shape index (κ2) is 13.8. The van der Waals surface area contributed by atoms with E-state index in [1.807, 2.05) is 72.8 Å². The molecule has 1 aliphatic rings. The third kappa shape index (κ3) is 6.93. The van der Waals surface area contributed by atoms with E-state index < -0.39 is 27.6 Å². The van der Waals surface area contributed by atoms with Crippen LogP contribution in [-0.4, -0.2) is 36.1 Å². The number of sulfonamides is 1. The zero-order valence-electron chi connectivity index (χ0n) is 26.3. The Balaban J connectivity index is 1.39. The SMILES string of the molecule is CCC(C1=C(O)CC(CCc2ccccc2)(CCc2ccccc2)OC1=O)N(c1ccccc1)S(=O)(=O)c1ccc2ccccc2n1. The molecule has 0 amide bonds. The molecule has 8 heteroatoms. The number of aryl methyl sites for hydroxylation is 2. The first-order valence-electron chi connectivity index (χ1n) is 16.0. The molecule has 240 valence electrons. The van der Waals surface area contributed by atoms with Gasteiger partial charge >= 0.3 is 5.97 Å². The van der Waals surface area contributed by atoms with Crippen LogP contribution in [0.4, 0.5) is 5.69 Å². The van der Waals surface area contributed by atoms with Crippen LogP contribution in [0.5, 0.6) is 0 Å². The maximum absolute atomic E-state index is 14.5. The zero-order chi connectivity index (χ0) is 32.9. The molecule has 1 unspecified atom stereocenters. The van der Waals surface area contributed by atoms with Crippen molar-refractivity contribution in [2.75, 3.05) is 4.31 Å². The van der Waals surface area contributed by atoms with E-state index in [4.69, 9.17) is 4.74 Å². The van der Waals surface area contributed by atoms with E-state index in [1.165, 1.54) is 10.4 Å². The lowest BCUT2D eigenvalue weighted by Crippen LogP contribution is -2.48. The first-order chi connectivity index (χ1) is 22.8. The van der Waals surface area contributed by atoms with Crippen molar-refractivity contribution in [3.63, 3.8) is 0 Å². The summed E-state index contributed by atoms with van der Waals surface area (Å²) < 4.78 is 36.5. The number of carbonyl (C=O) groups is 1. The van der Waals surface area contributed by atoms with Gasteiger partial charge in [0.05, 0.1) is 22.8 Å². The first kappa shape index (κ1) is 32.0. The number of aliphatic hydroxyl groups is 1. The molecule has 5 aromatic rings. The fourth-order valence-corrected chi connectivity index (χ4v) is 8.06. The van der Waals surface area contributed by atoms with Gasteiger partial charge in [0, 0.05) is 11.8 Å². The van der Waals surface area contributed by atoms with Crippen LogP contribution in [0, 0.1) is 0 Å². The minimum atomic E-state index is -4.31. The molecule has 0 aliphatic carbocycles. The average molecular weight is 647 g/mol. The summed E-state index contributed by atoms with van der Waals surface area (Å²) in [7, 11) is -4.31. The number of hydrogen-bond donors (Lipinski definition) is 1. The number of para-hydroxylation sites is 2. The van der Waals surface area contributed by atoms with Crippen LogP contribution in [0.3, 0.4) is 0 Å². The maximum Gasteiger partial charge on any atom is 0.340 e. The molecule has 0 radical (unpaired) electrons. The van der Waals surface area contributed by atoms with Gasteiger partial charge < -0.3 is 9.84 Å². The molecule has 0 saturated heterocycles. The standard InChI is InChI=1S/C39H38N2O5S/c1-2-34(41(32-19-10-5-11-20-32)47(44,45)36-23-22-31-18-12-13-21-33(31)40-36)37-35(42)28-39(46-38(37)43,26-24-29-14-6-3-7-15-29)27-25-30-16-8-4-9-17-30/h3-23,34,42H,2,24-28H2,1H3. The van der Waals surface area contributed by atoms with E-state index in [0.29, 0.717) is 36.9 Å². The Morgan fingerprint density at radius 1 is 0.787 bits per heavy atom. The van der Waals surface area contributed by atoms with Gasteiger partial charge in [0.25, 0.3) is 10.0 Å². The highest BCUT2D eigenvalue weighted by atomic mass is 32.2. The van der Waals surface area contributed by atoms with E-state index in [9.17, 15) is 18.3 Å². The number of aromatic nitrogens is 1. The normalized spacial score (nSPS) is 15.3. The number of rotatable bonds is 12. The topological polar surface area (TPSA) is 96.8 Å². The Kier molecular flexibility index (Phi) is 9.41. The van der Waals surface area contributed by atoms with Crippen molar-refractivity contribution in [3.8, 4) is 0 Å². The molecule has 0 bridgehead atoms. The molecule has 1 aliphatic heterocycles. The fraction of sp³-hybridized carbons (Fsp3) is 0.231. The maximum atomic E-state index is 14.5. The number of pyridine rings is 1. The first-order valence-corrected chi connectivity index (χ1v) is 17.4. The molecule has 0 spiro atoms. The lowest BCUT2D eigenvalue weighted by atomic mass is 9.81. The number of carbonyl (C=O) groups excluding carboxylic acids is 1. The van der Waals surface area contributed by atoms with Crippen molar-refractivity contribution >= 4 is 32.6 Å². The molecule has 47 heavy (non-hydrogen) atoms. The Morgan fingerprint density at radius 2 is 1.34 bits per heavy atom. The van der Waals surface area contributed by atoms with Gasteiger partial charge in [-0.05, 0) is 73.6 Å². The molecule has 0 fully saturated rings. The predicted octanol–water partition coefficient (Wildman–Crippen LogP) is 7.97. The summed E-state index contributed by atoms with van der Waals surface area (Å²) in [6.45, 7) is 1.80. The number of ether oxygens (including phenoxy) is 1. The van der Waals surface area contributed by atoms with Crippen molar-refractivity contribution in [1.82, 2.24) is 4.98 Å². The Hall–Kier alpha value is -4.95. The highest BCUT2D eigenvalue weighted by Crippen LogP contribution is 2.40. The largest absolute Gasteiger partial charge is 0.512 e. The highest BCUT2D eigenvalue weighted by molar-refractivity contribution is 7.92. The summed E-state index contributed by atoms with van der Waals surface area (Å²) in [5, 5.41) is 12.4. The number of hydrogen-bond acceptors (Lipinski definition) is 6. The van der Waals surface area contributed by atoms with Gasteiger partial charge in [0.2, 0.25) is 0 Å². The average Bonchev–Trinajstić information content (AvgIpc) is 3.10. The number of cyclic esters (lactones) is 1. The van der Waals surface area contributed by atoms with Crippen LogP contribution in [0.15, 0.2) is 144 Å². The Morgan fingerprint density at radius 3 is 1.91 bits per heavy atom. The van der Waals surface area contributed by atoms with Gasteiger partial charge in [-0.3, -0.25) is 4.31 Å². The zero-order valence-corrected chi connectivity index (χ0v) is 27.1. The van der Waals surface area contributed by atoms with Crippen LogP contribution in [0.2, 0.25) is 0 Å². The Bertz CT molecular complexity index is 1940. The van der Waals surface area contributed by atoms with Gasteiger partial charge in [-0.25, -0.2) is 9.78 Å². The van der Waals surface area contributed by atoms with Crippen LogP contribution >= 0.6 is 0 Å². The lowest BCUT2D eigenvalue weighted by Gasteiger charge is -2.41. The summed E-state index contributed by atoms with van der Waals surface area (Å²) in [4.78, 5) is 18.6. The quantitative estimate of drug-likeness (QED) is 0.138. The number of benzene rings is 4. The van der Waals surface area contributed by atoms with Crippen LogP contribution in [-0.2, 0) is 32.4 Å². The molecular formula is C39H38N2O5S. The molecule has 1 aromatic heterocycles. The minimum Gasteiger partial charge on any atom is -0.512 e. The van der Waals surface area contributed by atoms with Crippen LogP contribution in [0.1, 0.15) is 43.7 Å². The van der Waals surface area contributed by atoms with E-state index >= 15 is 0 Å². The summed E-state index contributed by atoms with van der Waals surface area (Å²) in [5.74, 6) is -0.846. The van der Waals surface area contributed by atoms with Crippen molar-refractivity contribution in [3.05, 3.63) is 150 Å². The van der Waals surface area contributed by atoms with Crippen molar-refractivity contribution in [2.45, 2.75) is 62.1 Å². The summed E-state index contributed by atoms with van der Waals surface area (Å²) in [5.41, 5.74) is 2.09. The molecule has 1 atom stereocenters. The highest BCUT2D eigenvalue weighted by Gasteiger charge is 2.46. The van der Waals surface area contributed by atoms with Gasteiger partial charge in [0.15, 0.2) is 5.03 Å². The van der Waals surface area contributed by atoms with Gasteiger partial charge in [-0.15, -0.1) is 0 Å². The monoisotopic (exact) mass is 646 g/mol. The number of fused-ring (bicyclic) bond motifs is 1. The third-order valence-electron chi connectivity index (χ3n) is 8.86.